The van der Waals surface area contributed by atoms with Crippen LogP contribution in [0.15, 0.2) is 12.2 Å². The summed E-state index contributed by atoms with van der Waals surface area (Å²) in [6.07, 6.45) is 26.6. The van der Waals surface area contributed by atoms with Gasteiger partial charge in [-0.2, -0.15) is 8.42 Å². The Balaban J connectivity index is 4.14. The molecule has 0 saturated carbocycles. The lowest BCUT2D eigenvalue weighted by molar-refractivity contribution is -0.131. The predicted octanol–water partition coefficient (Wildman–Crippen LogP) is 7.65. The second-order valence-electron chi connectivity index (χ2n) is 11.6. The number of allylic oxidation sites excluding steroid dienone is 2. The van der Waals surface area contributed by atoms with E-state index in [9.17, 15) is 28.0 Å². The molecule has 0 aliphatic heterocycles. The van der Waals surface area contributed by atoms with E-state index >= 15 is 0 Å². The Morgan fingerprint density at radius 2 is 1.07 bits per heavy atom. The molecule has 0 aliphatic carbocycles. The van der Waals surface area contributed by atoms with Gasteiger partial charge in [0.05, 0.1) is 17.9 Å². The van der Waals surface area contributed by atoms with Crippen LogP contribution in [0.5, 0.6) is 0 Å². The van der Waals surface area contributed by atoms with E-state index in [1.807, 2.05) is 0 Å². The molecule has 0 saturated heterocycles. The molecule has 0 fully saturated rings. The van der Waals surface area contributed by atoms with Gasteiger partial charge in [-0.3, -0.25) is 9.35 Å². The zero-order valence-electron chi connectivity index (χ0n) is 25.8. The van der Waals surface area contributed by atoms with Crippen molar-refractivity contribution in [3.05, 3.63) is 12.2 Å². The molecular formula is C32H63NO6S. The summed E-state index contributed by atoms with van der Waals surface area (Å²) in [5, 5.41) is 23.3. The normalized spacial score (nSPS) is 14.4. The van der Waals surface area contributed by atoms with Gasteiger partial charge in [0.15, 0.2) is 0 Å². The molecule has 0 heterocycles. The minimum atomic E-state index is -4.40. The van der Waals surface area contributed by atoms with Crippen LogP contribution < -0.4 is 5.32 Å². The lowest BCUT2D eigenvalue weighted by Gasteiger charge is -2.24. The molecule has 8 heteroatoms. The van der Waals surface area contributed by atoms with Gasteiger partial charge >= 0.3 is 0 Å². The van der Waals surface area contributed by atoms with E-state index in [4.69, 9.17) is 0 Å². The van der Waals surface area contributed by atoms with Gasteiger partial charge in [-0.15, -0.1) is 0 Å². The largest absolute Gasteiger partial charge is 0.391 e. The van der Waals surface area contributed by atoms with Crippen molar-refractivity contribution in [1.82, 2.24) is 5.32 Å². The van der Waals surface area contributed by atoms with Crippen molar-refractivity contribution >= 4 is 16.0 Å². The van der Waals surface area contributed by atoms with Crippen molar-refractivity contribution in [2.45, 2.75) is 180 Å². The predicted molar refractivity (Wildman–Crippen MR) is 167 cm³/mol. The van der Waals surface area contributed by atoms with Crippen LogP contribution in [-0.4, -0.2) is 53.1 Å². The Bertz CT molecular complexity index is 712. The van der Waals surface area contributed by atoms with Gasteiger partial charge in [0.1, 0.15) is 6.10 Å². The van der Waals surface area contributed by atoms with Crippen LogP contribution >= 0.6 is 0 Å². The first-order chi connectivity index (χ1) is 19.2. The van der Waals surface area contributed by atoms with Gasteiger partial charge in [-0.05, 0) is 32.1 Å². The monoisotopic (exact) mass is 589 g/mol. The maximum absolute atomic E-state index is 12.5. The number of carbonyl (C=O) groups excluding carboxylic acids is 1. The van der Waals surface area contributed by atoms with Crippen LogP contribution in [0, 0.1) is 0 Å². The molecule has 0 rings (SSSR count). The fourth-order valence-electron chi connectivity index (χ4n) is 4.97. The highest BCUT2D eigenvalue weighted by Crippen LogP contribution is 2.15. The number of nitrogens with one attached hydrogen (secondary N) is 1. The van der Waals surface area contributed by atoms with Crippen LogP contribution in [0.4, 0.5) is 0 Å². The van der Waals surface area contributed by atoms with Crippen LogP contribution in [-0.2, 0) is 14.9 Å². The maximum atomic E-state index is 12.5. The molecule has 3 atom stereocenters. The van der Waals surface area contributed by atoms with E-state index in [0.29, 0.717) is 19.3 Å². The number of hydrogen-bond acceptors (Lipinski definition) is 5. The molecule has 0 bridgehead atoms. The Morgan fingerprint density at radius 3 is 1.57 bits per heavy atom. The van der Waals surface area contributed by atoms with Gasteiger partial charge in [0, 0.05) is 0 Å². The third-order valence-corrected chi connectivity index (χ3v) is 8.36. The molecule has 0 aromatic heterocycles. The van der Waals surface area contributed by atoms with Gasteiger partial charge < -0.3 is 15.5 Å². The maximum Gasteiger partial charge on any atom is 0.266 e. The van der Waals surface area contributed by atoms with Crippen molar-refractivity contribution < 1.29 is 28.0 Å². The summed E-state index contributed by atoms with van der Waals surface area (Å²) in [4.78, 5) is 12.5. The standard InChI is InChI=1S/C32H63NO6S/c1-3-5-7-9-11-13-15-16-17-19-20-22-24-26-30(34)29(28-40(37,38)39)33-32(36)31(35)27-25-23-21-18-14-12-10-8-6-4-2/h10,12,29-31,34-35H,3-9,11,13-28H2,1-2H3,(H,33,36)(H,37,38,39)/b12-10-. The van der Waals surface area contributed by atoms with Crippen LogP contribution in [0.25, 0.3) is 0 Å². The third kappa shape index (κ3) is 26.0. The summed E-state index contributed by atoms with van der Waals surface area (Å²) in [6, 6.07) is -1.14. The molecule has 7 nitrogen and oxygen atoms in total. The first-order valence-electron chi connectivity index (χ1n) is 16.5. The fourth-order valence-corrected chi connectivity index (χ4v) is 5.73. The number of aliphatic hydroxyl groups excluding tert-OH is 2. The summed E-state index contributed by atoms with van der Waals surface area (Å²) in [5.74, 6) is -1.46. The minimum Gasteiger partial charge on any atom is -0.391 e. The molecule has 4 N–H and O–H groups in total. The number of carbonyl (C=O) groups is 1. The van der Waals surface area contributed by atoms with Crippen LogP contribution in [0.2, 0.25) is 0 Å². The van der Waals surface area contributed by atoms with Gasteiger partial charge in [-0.25, -0.2) is 0 Å². The highest BCUT2D eigenvalue weighted by atomic mass is 32.2. The molecular weight excluding hydrogens is 526 g/mol. The summed E-state index contributed by atoms with van der Waals surface area (Å²) in [6.45, 7) is 4.42. The number of unbranched alkanes of at least 4 members (excludes halogenated alkanes) is 18. The number of aliphatic hydroxyl groups is 2. The molecule has 0 spiro atoms. The Kier molecular flexibility index (Phi) is 26.3. The van der Waals surface area contributed by atoms with Crippen molar-refractivity contribution in [3.63, 3.8) is 0 Å². The van der Waals surface area contributed by atoms with Crippen molar-refractivity contribution in [1.29, 1.82) is 0 Å². The highest BCUT2D eigenvalue weighted by Gasteiger charge is 2.28. The van der Waals surface area contributed by atoms with Gasteiger partial charge in [-0.1, -0.05) is 142 Å². The number of amides is 1. The van der Waals surface area contributed by atoms with E-state index in [2.05, 4.69) is 31.3 Å². The molecule has 0 radical (unpaired) electrons. The van der Waals surface area contributed by atoms with Gasteiger partial charge in [0.25, 0.3) is 10.1 Å². The zero-order valence-corrected chi connectivity index (χ0v) is 26.6. The molecule has 0 aromatic carbocycles. The lowest BCUT2D eigenvalue weighted by Crippen LogP contribution is -2.50. The quantitative estimate of drug-likeness (QED) is 0.0404. The lowest BCUT2D eigenvalue weighted by atomic mass is 10.0. The summed E-state index contributed by atoms with van der Waals surface area (Å²) in [5.41, 5.74) is 0. The number of rotatable bonds is 29. The van der Waals surface area contributed by atoms with Crippen LogP contribution in [0.1, 0.15) is 162 Å². The SMILES string of the molecule is CCCC/C=C\CCCCCCC(O)C(=O)NC(CS(=O)(=O)O)C(O)CCCCCCCCCCCCCCC. The smallest absolute Gasteiger partial charge is 0.266 e. The van der Waals surface area contributed by atoms with E-state index in [-0.39, 0.29) is 6.42 Å². The molecule has 238 valence electrons. The van der Waals surface area contributed by atoms with E-state index in [1.165, 1.54) is 70.6 Å². The van der Waals surface area contributed by atoms with E-state index in [0.717, 1.165) is 51.4 Å². The minimum absolute atomic E-state index is 0.283. The van der Waals surface area contributed by atoms with Crippen molar-refractivity contribution in [2.24, 2.45) is 0 Å². The first kappa shape index (κ1) is 39.0. The molecule has 0 aliphatic rings. The second-order valence-corrected chi connectivity index (χ2v) is 13.1. The van der Waals surface area contributed by atoms with Crippen molar-refractivity contribution in [3.8, 4) is 0 Å². The van der Waals surface area contributed by atoms with E-state index < -0.39 is 40.0 Å². The summed E-state index contributed by atoms with van der Waals surface area (Å²) < 4.78 is 32.3. The molecule has 3 unspecified atom stereocenters. The Hall–Kier alpha value is -0.960. The Morgan fingerprint density at radius 1 is 0.650 bits per heavy atom. The topological polar surface area (TPSA) is 124 Å². The first-order valence-corrected chi connectivity index (χ1v) is 18.1. The molecule has 40 heavy (non-hydrogen) atoms. The average molecular weight is 590 g/mol. The van der Waals surface area contributed by atoms with Crippen molar-refractivity contribution in [2.75, 3.05) is 5.75 Å². The highest BCUT2D eigenvalue weighted by molar-refractivity contribution is 7.85. The summed E-state index contributed by atoms with van der Waals surface area (Å²) >= 11 is 0. The van der Waals surface area contributed by atoms with E-state index in [1.54, 1.807) is 0 Å². The summed E-state index contributed by atoms with van der Waals surface area (Å²) in [7, 11) is -4.40. The fraction of sp³-hybridized carbons (Fsp3) is 0.906. The third-order valence-electron chi connectivity index (χ3n) is 7.58. The zero-order chi connectivity index (χ0) is 29.9. The molecule has 1 amide bonds. The molecule has 0 aromatic rings. The van der Waals surface area contributed by atoms with Crippen LogP contribution in [0.3, 0.4) is 0 Å². The Labute approximate surface area is 246 Å². The van der Waals surface area contributed by atoms with Gasteiger partial charge in [0.2, 0.25) is 5.91 Å². The number of hydrogen-bond donors (Lipinski definition) is 4. The average Bonchev–Trinajstić information content (AvgIpc) is 2.90. The second kappa shape index (κ2) is 26.9.